The molecule has 3 heteroatoms. The Kier molecular flexibility index (Phi) is 5.79. The van der Waals surface area contributed by atoms with Gasteiger partial charge in [0.15, 0.2) is 5.78 Å². The van der Waals surface area contributed by atoms with Gasteiger partial charge in [-0.1, -0.05) is 48.0 Å². The van der Waals surface area contributed by atoms with Crippen LogP contribution in [0.3, 0.4) is 0 Å². The molecule has 0 aromatic heterocycles. The van der Waals surface area contributed by atoms with Crippen molar-refractivity contribution >= 4 is 21.7 Å². The topological polar surface area (TPSA) is 20.3 Å². The summed E-state index contributed by atoms with van der Waals surface area (Å²) < 4.78 is 0.908. The average Bonchev–Trinajstić information content (AvgIpc) is 3.23. The maximum absolute atomic E-state index is 12.3. The number of hydrogen-bond donors (Lipinski definition) is 0. The largest absolute Gasteiger partial charge is 0.300 e. The lowest BCUT2D eigenvalue weighted by molar-refractivity contribution is 0.0960. The molecule has 0 amide bonds. The van der Waals surface area contributed by atoms with Crippen molar-refractivity contribution in [2.45, 2.75) is 45.6 Å². The molecule has 110 valence electrons. The summed E-state index contributed by atoms with van der Waals surface area (Å²) in [6.45, 7) is 6.55. The van der Waals surface area contributed by atoms with Crippen molar-refractivity contribution in [2.24, 2.45) is 5.92 Å². The molecule has 0 saturated heterocycles. The SMILES string of the molecule is CC(C)CCN(CCC(=O)c1ccccc1Br)C1CC1. The third-order valence-electron chi connectivity index (χ3n) is 3.86. The number of hydrogen-bond acceptors (Lipinski definition) is 2. The van der Waals surface area contributed by atoms with Crippen LogP contribution in [0, 0.1) is 5.92 Å². The Hall–Kier alpha value is -0.670. The summed E-state index contributed by atoms with van der Waals surface area (Å²) in [5.41, 5.74) is 0.812. The van der Waals surface area contributed by atoms with E-state index in [1.165, 1.54) is 19.3 Å². The van der Waals surface area contributed by atoms with E-state index < -0.39 is 0 Å². The Bertz CT molecular complexity index is 454. The van der Waals surface area contributed by atoms with Crippen LogP contribution in [0.15, 0.2) is 28.7 Å². The number of carbonyl (C=O) groups is 1. The summed E-state index contributed by atoms with van der Waals surface area (Å²) >= 11 is 3.46. The van der Waals surface area contributed by atoms with Gasteiger partial charge in [-0.15, -0.1) is 0 Å². The smallest absolute Gasteiger partial charge is 0.165 e. The second-order valence-corrected chi connectivity index (χ2v) is 6.96. The van der Waals surface area contributed by atoms with Crippen molar-refractivity contribution in [1.29, 1.82) is 0 Å². The molecule has 0 atom stereocenters. The summed E-state index contributed by atoms with van der Waals surface area (Å²) in [5.74, 6) is 0.975. The zero-order valence-corrected chi connectivity index (χ0v) is 14.0. The highest BCUT2D eigenvalue weighted by Crippen LogP contribution is 2.28. The van der Waals surface area contributed by atoms with Crippen LogP contribution >= 0.6 is 15.9 Å². The van der Waals surface area contributed by atoms with Crippen LogP contribution in [-0.4, -0.2) is 29.8 Å². The Morgan fingerprint density at radius 1 is 1.30 bits per heavy atom. The fourth-order valence-electron chi connectivity index (χ4n) is 2.41. The number of benzene rings is 1. The van der Waals surface area contributed by atoms with Gasteiger partial charge in [-0.3, -0.25) is 9.69 Å². The van der Waals surface area contributed by atoms with E-state index in [4.69, 9.17) is 0 Å². The van der Waals surface area contributed by atoms with Crippen molar-refractivity contribution in [1.82, 2.24) is 4.90 Å². The van der Waals surface area contributed by atoms with Gasteiger partial charge >= 0.3 is 0 Å². The van der Waals surface area contributed by atoms with Crippen LogP contribution in [0.2, 0.25) is 0 Å². The molecular formula is C17H24BrNO. The fourth-order valence-corrected chi connectivity index (χ4v) is 2.91. The van der Waals surface area contributed by atoms with E-state index >= 15 is 0 Å². The van der Waals surface area contributed by atoms with E-state index in [1.54, 1.807) is 0 Å². The van der Waals surface area contributed by atoms with Crippen molar-refractivity contribution in [3.63, 3.8) is 0 Å². The number of carbonyl (C=O) groups excluding carboxylic acids is 1. The molecule has 1 saturated carbocycles. The molecule has 1 aliphatic rings. The third kappa shape index (κ3) is 4.71. The second-order valence-electron chi connectivity index (χ2n) is 6.10. The van der Waals surface area contributed by atoms with E-state index in [0.29, 0.717) is 6.42 Å². The minimum absolute atomic E-state index is 0.243. The molecular weight excluding hydrogens is 314 g/mol. The molecule has 2 nitrogen and oxygen atoms in total. The molecule has 0 radical (unpaired) electrons. The lowest BCUT2D eigenvalue weighted by Crippen LogP contribution is -2.30. The van der Waals surface area contributed by atoms with E-state index in [0.717, 1.165) is 35.1 Å². The van der Waals surface area contributed by atoms with Gasteiger partial charge in [0.25, 0.3) is 0 Å². The van der Waals surface area contributed by atoms with Gasteiger partial charge in [0, 0.05) is 29.0 Å². The van der Waals surface area contributed by atoms with Gasteiger partial charge in [-0.2, -0.15) is 0 Å². The van der Waals surface area contributed by atoms with Crippen molar-refractivity contribution in [2.75, 3.05) is 13.1 Å². The Labute approximate surface area is 130 Å². The van der Waals surface area contributed by atoms with E-state index in [9.17, 15) is 4.79 Å². The standard InChI is InChI=1S/C17H24BrNO/c1-13(2)9-11-19(14-7-8-14)12-10-17(20)15-5-3-4-6-16(15)18/h3-6,13-14H,7-12H2,1-2H3. The first kappa shape index (κ1) is 15.7. The number of Topliss-reactive ketones (excluding diaryl/α,β-unsaturated/α-hetero) is 1. The number of halogens is 1. The number of rotatable bonds is 8. The summed E-state index contributed by atoms with van der Waals surface area (Å²) in [7, 11) is 0. The molecule has 0 aliphatic heterocycles. The highest BCUT2D eigenvalue weighted by atomic mass is 79.9. The van der Waals surface area contributed by atoms with Gasteiger partial charge in [0.05, 0.1) is 0 Å². The first-order chi connectivity index (χ1) is 9.58. The van der Waals surface area contributed by atoms with Crippen LogP contribution in [-0.2, 0) is 0 Å². The molecule has 0 N–H and O–H groups in total. The van der Waals surface area contributed by atoms with Crippen molar-refractivity contribution < 1.29 is 4.79 Å². The molecule has 0 heterocycles. The van der Waals surface area contributed by atoms with Crippen LogP contribution < -0.4 is 0 Å². The quantitative estimate of drug-likeness (QED) is 0.649. The van der Waals surface area contributed by atoms with Crippen molar-refractivity contribution in [3.8, 4) is 0 Å². The zero-order valence-electron chi connectivity index (χ0n) is 12.4. The first-order valence-electron chi connectivity index (χ1n) is 7.59. The van der Waals surface area contributed by atoms with Crippen LogP contribution in [0.25, 0.3) is 0 Å². The molecule has 1 aromatic rings. The average molecular weight is 338 g/mol. The second kappa shape index (κ2) is 7.37. The maximum Gasteiger partial charge on any atom is 0.165 e. The maximum atomic E-state index is 12.3. The molecule has 0 unspecified atom stereocenters. The fraction of sp³-hybridized carbons (Fsp3) is 0.588. The number of ketones is 1. The lowest BCUT2D eigenvalue weighted by atomic mass is 10.1. The first-order valence-corrected chi connectivity index (χ1v) is 8.39. The molecule has 1 aliphatic carbocycles. The summed E-state index contributed by atoms with van der Waals surface area (Å²) in [6, 6.07) is 8.45. The van der Waals surface area contributed by atoms with Crippen molar-refractivity contribution in [3.05, 3.63) is 34.3 Å². The zero-order chi connectivity index (χ0) is 14.5. The minimum atomic E-state index is 0.243. The van der Waals surface area contributed by atoms with E-state index in [-0.39, 0.29) is 5.78 Å². The van der Waals surface area contributed by atoms with Gasteiger partial charge in [-0.05, 0) is 37.8 Å². The highest BCUT2D eigenvalue weighted by molar-refractivity contribution is 9.10. The summed E-state index contributed by atoms with van der Waals surface area (Å²) in [6.07, 6.45) is 4.46. The molecule has 0 bridgehead atoms. The van der Waals surface area contributed by atoms with Crippen LogP contribution in [0.5, 0.6) is 0 Å². The summed E-state index contributed by atoms with van der Waals surface area (Å²) in [5, 5.41) is 0. The summed E-state index contributed by atoms with van der Waals surface area (Å²) in [4.78, 5) is 14.8. The highest BCUT2D eigenvalue weighted by Gasteiger charge is 2.28. The molecule has 1 fully saturated rings. The van der Waals surface area contributed by atoms with E-state index in [2.05, 4.69) is 34.7 Å². The Morgan fingerprint density at radius 2 is 2.00 bits per heavy atom. The monoisotopic (exact) mass is 337 g/mol. The van der Waals surface area contributed by atoms with E-state index in [1.807, 2.05) is 24.3 Å². The number of nitrogens with zero attached hydrogens (tertiary/aromatic N) is 1. The molecule has 0 spiro atoms. The Balaban J connectivity index is 1.86. The minimum Gasteiger partial charge on any atom is -0.300 e. The Morgan fingerprint density at radius 3 is 2.60 bits per heavy atom. The van der Waals surface area contributed by atoms with Gasteiger partial charge in [0.2, 0.25) is 0 Å². The van der Waals surface area contributed by atoms with Gasteiger partial charge < -0.3 is 0 Å². The molecule has 20 heavy (non-hydrogen) atoms. The van der Waals surface area contributed by atoms with Crippen LogP contribution in [0.4, 0.5) is 0 Å². The normalized spacial score (nSPS) is 15.1. The van der Waals surface area contributed by atoms with Gasteiger partial charge in [0.1, 0.15) is 0 Å². The predicted octanol–water partition coefficient (Wildman–Crippen LogP) is 4.53. The molecule has 1 aromatic carbocycles. The van der Waals surface area contributed by atoms with Crippen LogP contribution in [0.1, 0.15) is 49.9 Å². The molecule has 2 rings (SSSR count). The van der Waals surface area contributed by atoms with Gasteiger partial charge in [-0.25, -0.2) is 0 Å². The predicted molar refractivity (Wildman–Crippen MR) is 87.1 cm³/mol. The third-order valence-corrected chi connectivity index (χ3v) is 4.55. The lowest BCUT2D eigenvalue weighted by Gasteiger charge is -2.22.